The van der Waals surface area contributed by atoms with Crippen molar-refractivity contribution in [2.75, 3.05) is 31.4 Å². The molecule has 0 saturated heterocycles. The van der Waals surface area contributed by atoms with Gasteiger partial charge in [-0.05, 0) is 48.9 Å². The van der Waals surface area contributed by atoms with Crippen LogP contribution in [0.2, 0.25) is 0 Å². The lowest BCUT2D eigenvalue weighted by molar-refractivity contribution is -0.113. The van der Waals surface area contributed by atoms with Crippen LogP contribution in [0, 0.1) is 6.92 Å². The van der Waals surface area contributed by atoms with E-state index in [9.17, 15) is 9.59 Å². The maximum Gasteiger partial charge on any atom is 0.337 e. The SMILES string of the molecule is COC(=O)c1ccc(NC(=O)CSc2nc3cc4c(cc3cc2C)OCCO4)cc1. The first-order valence-corrected chi connectivity index (χ1v) is 10.3. The van der Waals surface area contributed by atoms with Gasteiger partial charge in [0.05, 0.1) is 23.9 Å². The Labute approximate surface area is 177 Å². The van der Waals surface area contributed by atoms with Crippen LogP contribution in [0.1, 0.15) is 15.9 Å². The number of ether oxygens (including phenoxy) is 3. The highest BCUT2D eigenvalue weighted by molar-refractivity contribution is 8.00. The van der Waals surface area contributed by atoms with Gasteiger partial charge in [-0.1, -0.05) is 11.8 Å². The molecule has 0 fully saturated rings. The molecule has 1 aromatic heterocycles. The first kappa shape index (κ1) is 20.0. The van der Waals surface area contributed by atoms with E-state index in [1.807, 2.05) is 25.1 Å². The van der Waals surface area contributed by atoms with Gasteiger partial charge in [0.2, 0.25) is 5.91 Å². The summed E-state index contributed by atoms with van der Waals surface area (Å²) in [5, 5.41) is 4.57. The second-order valence-corrected chi connectivity index (χ2v) is 7.67. The molecule has 0 radical (unpaired) electrons. The number of nitrogens with one attached hydrogen (secondary N) is 1. The highest BCUT2D eigenvalue weighted by Crippen LogP contribution is 2.35. The molecule has 3 aromatic rings. The Morgan fingerprint density at radius 2 is 1.80 bits per heavy atom. The van der Waals surface area contributed by atoms with Gasteiger partial charge in [-0.25, -0.2) is 9.78 Å². The molecule has 154 valence electrons. The molecule has 2 aromatic carbocycles. The van der Waals surface area contributed by atoms with Gasteiger partial charge in [0.15, 0.2) is 11.5 Å². The lowest BCUT2D eigenvalue weighted by Gasteiger charge is -2.19. The summed E-state index contributed by atoms with van der Waals surface area (Å²) in [7, 11) is 1.33. The normalized spacial score (nSPS) is 12.5. The number of thioether (sulfide) groups is 1. The van der Waals surface area contributed by atoms with Gasteiger partial charge in [0.25, 0.3) is 0 Å². The zero-order chi connectivity index (χ0) is 21.1. The average Bonchev–Trinajstić information content (AvgIpc) is 2.76. The number of aryl methyl sites for hydroxylation is 1. The lowest BCUT2D eigenvalue weighted by Crippen LogP contribution is -2.15. The molecule has 0 spiro atoms. The predicted molar refractivity (Wildman–Crippen MR) is 115 cm³/mol. The fourth-order valence-corrected chi connectivity index (χ4v) is 3.87. The lowest BCUT2D eigenvalue weighted by atomic mass is 10.1. The van der Waals surface area contributed by atoms with Crippen molar-refractivity contribution >= 4 is 40.2 Å². The van der Waals surface area contributed by atoms with Crippen molar-refractivity contribution in [3.8, 4) is 11.5 Å². The fourth-order valence-electron chi connectivity index (χ4n) is 3.08. The molecular weight excluding hydrogens is 404 g/mol. The quantitative estimate of drug-likeness (QED) is 0.492. The second kappa shape index (κ2) is 8.62. The molecule has 4 rings (SSSR count). The molecule has 0 bridgehead atoms. The van der Waals surface area contributed by atoms with Gasteiger partial charge in [-0.3, -0.25) is 4.79 Å². The zero-order valence-corrected chi connectivity index (χ0v) is 17.4. The van der Waals surface area contributed by atoms with Crippen molar-refractivity contribution in [1.82, 2.24) is 4.98 Å². The number of benzene rings is 2. The molecule has 1 amide bonds. The summed E-state index contributed by atoms with van der Waals surface area (Å²) in [5.41, 5.74) is 2.82. The number of aromatic nitrogens is 1. The summed E-state index contributed by atoms with van der Waals surface area (Å²) >= 11 is 1.37. The van der Waals surface area contributed by atoms with Gasteiger partial charge in [-0.2, -0.15) is 0 Å². The van der Waals surface area contributed by atoms with E-state index in [4.69, 9.17) is 14.5 Å². The summed E-state index contributed by atoms with van der Waals surface area (Å²) in [6.45, 7) is 3.03. The van der Waals surface area contributed by atoms with E-state index in [2.05, 4.69) is 10.1 Å². The van der Waals surface area contributed by atoms with Crippen molar-refractivity contribution < 1.29 is 23.8 Å². The summed E-state index contributed by atoms with van der Waals surface area (Å²) in [6.07, 6.45) is 0. The number of nitrogens with zero attached hydrogens (tertiary/aromatic N) is 1. The highest BCUT2D eigenvalue weighted by Gasteiger charge is 2.15. The molecule has 2 heterocycles. The Morgan fingerprint density at radius 1 is 1.10 bits per heavy atom. The Hall–Kier alpha value is -3.26. The van der Waals surface area contributed by atoms with Gasteiger partial charge in [0, 0.05) is 17.1 Å². The second-order valence-electron chi connectivity index (χ2n) is 6.70. The van der Waals surface area contributed by atoms with Gasteiger partial charge in [0.1, 0.15) is 18.2 Å². The smallest absolute Gasteiger partial charge is 0.337 e. The van der Waals surface area contributed by atoms with E-state index in [1.165, 1.54) is 18.9 Å². The maximum atomic E-state index is 12.3. The Balaban J connectivity index is 1.43. The summed E-state index contributed by atoms with van der Waals surface area (Å²) in [4.78, 5) is 28.5. The van der Waals surface area contributed by atoms with Crippen molar-refractivity contribution in [3.05, 3.63) is 53.6 Å². The minimum absolute atomic E-state index is 0.158. The number of hydrogen-bond acceptors (Lipinski definition) is 7. The Bertz CT molecular complexity index is 1110. The molecule has 8 heteroatoms. The van der Waals surface area contributed by atoms with Crippen molar-refractivity contribution in [2.45, 2.75) is 11.9 Å². The number of fused-ring (bicyclic) bond motifs is 2. The number of hydrogen-bond donors (Lipinski definition) is 1. The van der Waals surface area contributed by atoms with Crippen LogP contribution < -0.4 is 14.8 Å². The van der Waals surface area contributed by atoms with Gasteiger partial charge in [-0.15, -0.1) is 0 Å². The number of esters is 1. The molecule has 1 aliphatic heterocycles. The number of anilines is 1. The minimum Gasteiger partial charge on any atom is -0.486 e. The van der Waals surface area contributed by atoms with E-state index < -0.39 is 5.97 Å². The van der Waals surface area contributed by atoms with E-state index in [1.54, 1.807) is 24.3 Å². The Kier molecular flexibility index (Phi) is 5.76. The monoisotopic (exact) mass is 424 g/mol. The van der Waals surface area contributed by atoms with E-state index >= 15 is 0 Å². The fraction of sp³-hybridized carbons (Fsp3) is 0.227. The molecule has 1 aliphatic rings. The van der Waals surface area contributed by atoms with E-state index in [-0.39, 0.29) is 11.7 Å². The van der Waals surface area contributed by atoms with Gasteiger partial charge < -0.3 is 19.5 Å². The third kappa shape index (κ3) is 4.33. The predicted octanol–water partition coefficient (Wildman–Crippen LogP) is 3.83. The largest absolute Gasteiger partial charge is 0.486 e. The van der Waals surface area contributed by atoms with Crippen LogP contribution in [0.3, 0.4) is 0 Å². The van der Waals surface area contributed by atoms with E-state index in [0.29, 0.717) is 30.2 Å². The summed E-state index contributed by atoms with van der Waals surface area (Å²) in [5.74, 6) is 1.05. The zero-order valence-electron chi connectivity index (χ0n) is 16.6. The van der Waals surface area contributed by atoms with Crippen LogP contribution in [0.15, 0.2) is 47.5 Å². The number of carbonyl (C=O) groups excluding carboxylic acids is 2. The van der Waals surface area contributed by atoms with Crippen LogP contribution in [0.25, 0.3) is 10.9 Å². The molecular formula is C22H20N2O5S. The standard InChI is InChI=1S/C22H20N2O5S/c1-13-9-15-10-18-19(29-8-7-28-18)11-17(15)24-21(13)30-12-20(25)23-16-5-3-14(4-6-16)22(26)27-2/h3-6,9-11H,7-8,12H2,1-2H3,(H,23,25). The average molecular weight is 424 g/mol. The first-order chi connectivity index (χ1) is 14.5. The summed E-state index contributed by atoms with van der Waals surface area (Å²) in [6, 6.07) is 12.4. The number of pyridine rings is 1. The van der Waals surface area contributed by atoms with E-state index in [0.717, 1.165) is 27.2 Å². The van der Waals surface area contributed by atoms with Gasteiger partial charge >= 0.3 is 5.97 Å². The van der Waals surface area contributed by atoms with Crippen LogP contribution in [0.4, 0.5) is 5.69 Å². The molecule has 7 nitrogen and oxygen atoms in total. The topological polar surface area (TPSA) is 86.8 Å². The number of carbonyl (C=O) groups is 2. The third-order valence-electron chi connectivity index (χ3n) is 4.55. The number of methoxy groups -OCH3 is 1. The Morgan fingerprint density at radius 3 is 2.50 bits per heavy atom. The molecule has 30 heavy (non-hydrogen) atoms. The molecule has 0 aliphatic carbocycles. The molecule has 0 unspecified atom stereocenters. The molecule has 0 saturated carbocycles. The summed E-state index contributed by atoms with van der Waals surface area (Å²) < 4.78 is 15.9. The van der Waals surface area contributed by atoms with Crippen LogP contribution in [-0.4, -0.2) is 42.9 Å². The van der Waals surface area contributed by atoms with Crippen molar-refractivity contribution in [3.63, 3.8) is 0 Å². The van der Waals surface area contributed by atoms with Crippen molar-refractivity contribution in [2.24, 2.45) is 0 Å². The molecule has 0 atom stereocenters. The third-order valence-corrected chi connectivity index (χ3v) is 5.65. The maximum absolute atomic E-state index is 12.3. The highest BCUT2D eigenvalue weighted by atomic mass is 32.2. The number of rotatable bonds is 5. The number of amides is 1. The minimum atomic E-state index is -0.417. The van der Waals surface area contributed by atoms with Crippen LogP contribution >= 0.6 is 11.8 Å². The first-order valence-electron chi connectivity index (χ1n) is 9.35. The molecule has 1 N–H and O–H groups in total. The van der Waals surface area contributed by atoms with Crippen molar-refractivity contribution in [1.29, 1.82) is 0 Å². The van der Waals surface area contributed by atoms with Crippen LogP contribution in [-0.2, 0) is 9.53 Å². The van der Waals surface area contributed by atoms with Crippen LogP contribution in [0.5, 0.6) is 11.5 Å².